The zero-order chi connectivity index (χ0) is 22.0. The van der Waals surface area contributed by atoms with Crippen LogP contribution in [-0.4, -0.2) is 41.1 Å². The molecule has 0 amide bonds. The summed E-state index contributed by atoms with van der Waals surface area (Å²) in [5.74, 6) is 0.557. The predicted octanol–water partition coefficient (Wildman–Crippen LogP) is 4.68. The second kappa shape index (κ2) is 9.04. The fraction of sp³-hybridized carbons (Fsp3) is 0.273. The van der Waals surface area contributed by atoms with E-state index < -0.39 is 4.92 Å². The van der Waals surface area contributed by atoms with Crippen molar-refractivity contribution in [3.8, 4) is 0 Å². The van der Waals surface area contributed by atoms with E-state index in [1.807, 2.05) is 29.2 Å². The van der Waals surface area contributed by atoms with Crippen molar-refractivity contribution in [1.29, 1.82) is 0 Å². The zero-order valence-electron chi connectivity index (χ0n) is 17.4. The first-order chi connectivity index (χ1) is 14.9. The minimum Gasteiger partial charge on any atom is -0.368 e. The van der Waals surface area contributed by atoms with Crippen LogP contribution in [0.15, 0.2) is 48.8 Å². The van der Waals surface area contributed by atoms with Crippen molar-refractivity contribution in [3.05, 3.63) is 73.6 Å². The van der Waals surface area contributed by atoms with Crippen LogP contribution in [0.5, 0.6) is 0 Å². The van der Waals surface area contributed by atoms with E-state index in [-0.39, 0.29) is 11.5 Å². The van der Waals surface area contributed by atoms with Gasteiger partial charge in [-0.25, -0.2) is 9.97 Å². The van der Waals surface area contributed by atoms with Gasteiger partial charge in [-0.2, -0.15) is 0 Å². The highest BCUT2D eigenvalue weighted by Crippen LogP contribution is 2.34. The molecule has 1 aromatic heterocycles. The van der Waals surface area contributed by atoms with E-state index in [9.17, 15) is 10.1 Å². The Kier molecular flexibility index (Phi) is 6.21. The molecule has 8 nitrogen and oxygen atoms in total. The predicted molar refractivity (Wildman–Crippen MR) is 131 cm³/mol. The van der Waals surface area contributed by atoms with Gasteiger partial charge in [-0.15, -0.1) is 0 Å². The van der Waals surface area contributed by atoms with Crippen molar-refractivity contribution >= 4 is 51.3 Å². The van der Waals surface area contributed by atoms with E-state index in [1.165, 1.54) is 23.1 Å². The fourth-order valence-electron chi connectivity index (χ4n) is 3.77. The smallest absolute Gasteiger partial charge is 0.353 e. The summed E-state index contributed by atoms with van der Waals surface area (Å²) in [5, 5.41) is 15.0. The van der Waals surface area contributed by atoms with E-state index in [0.29, 0.717) is 18.9 Å². The number of nitrogens with zero attached hydrogens (tertiary/aromatic N) is 5. The molecule has 0 radical (unpaired) electrons. The molecule has 31 heavy (non-hydrogen) atoms. The highest BCUT2D eigenvalue weighted by molar-refractivity contribution is 14.1. The van der Waals surface area contributed by atoms with E-state index in [2.05, 4.69) is 74.8 Å². The first kappa shape index (κ1) is 21.3. The Hall–Kier alpha value is -2.95. The lowest BCUT2D eigenvalue weighted by Crippen LogP contribution is -2.47. The standard InChI is InChI=1S/C22H23IN6O2/c1-15-4-3-5-19(16(15)2)27-10-12-28(13-11-27)22-20(29(30)31)21(24-14-25-22)26-18-8-6-17(23)7-9-18/h3-9,14H,10-13H2,1-2H3,(H,24,25,26). The third kappa shape index (κ3) is 4.55. The maximum Gasteiger partial charge on any atom is 0.353 e. The van der Waals surface area contributed by atoms with Crippen molar-refractivity contribution in [2.45, 2.75) is 13.8 Å². The number of halogens is 1. The Bertz CT molecular complexity index is 1100. The molecule has 3 aromatic rings. The van der Waals surface area contributed by atoms with Gasteiger partial charge < -0.3 is 15.1 Å². The summed E-state index contributed by atoms with van der Waals surface area (Å²) >= 11 is 2.22. The fourth-order valence-corrected chi connectivity index (χ4v) is 4.13. The number of rotatable bonds is 5. The molecule has 0 atom stereocenters. The first-order valence-corrected chi connectivity index (χ1v) is 11.1. The number of nitrogens with one attached hydrogen (secondary N) is 1. The topological polar surface area (TPSA) is 87.4 Å². The summed E-state index contributed by atoms with van der Waals surface area (Å²) in [6, 6.07) is 13.9. The first-order valence-electron chi connectivity index (χ1n) is 10.0. The molecule has 0 unspecified atom stereocenters. The minimum atomic E-state index is -0.401. The number of aromatic nitrogens is 2. The molecule has 1 aliphatic heterocycles. The van der Waals surface area contributed by atoms with Gasteiger partial charge in [-0.05, 0) is 77.9 Å². The molecule has 2 heterocycles. The molecule has 1 fully saturated rings. The molecule has 0 saturated carbocycles. The van der Waals surface area contributed by atoms with Crippen molar-refractivity contribution in [2.24, 2.45) is 0 Å². The van der Waals surface area contributed by atoms with Crippen LogP contribution in [0.4, 0.5) is 28.7 Å². The van der Waals surface area contributed by atoms with Crippen LogP contribution >= 0.6 is 22.6 Å². The van der Waals surface area contributed by atoms with Crippen molar-refractivity contribution in [2.75, 3.05) is 41.3 Å². The Morgan fingerprint density at radius 2 is 1.68 bits per heavy atom. The molecule has 1 saturated heterocycles. The highest BCUT2D eigenvalue weighted by Gasteiger charge is 2.29. The van der Waals surface area contributed by atoms with Gasteiger partial charge in [0.05, 0.1) is 4.92 Å². The Balaban J connectivity index is 1.56. The summed E-state index contributed by atoms with van der Waals surface area (Å²) < 4.78 is 1.09. The molecule has 2 aromatic carbocycles. The normalized spacial score (nSPS) is 13.9. The SMILES string of the molecule is Cc1cccc(N2CCN(c3ncnc(Nc4ccc(I)cc4)c3[N+](=O)[O-])CC2)c1C. The molecule has 4 rings (SSSR count). The lowest BCUT2D eigenvalue weighted by Gasteiger charge is -2.37. The van der Waals surface area contributed by atoms with E-state index in [1.54, 1.807) is 0 Å². The van der Waals surface area contributed by atoms with Gasteiger partial charge in [0.1, 0.15) is 6.33 Å². The molecule has 9 heteroatoms. The third-order valence-electron chi connectivity index (χ3n) is 5.59. The molecule has 0 aliphatic carbocycles. The van der Waals surface area contributed by atoms with Crippen molar-refractivity contribution in [1.82, 2.24) is 9.97 Å². The van der Waals surface area contributed by atoms with Crippen LogP contribution in [0.2, 0.25) is 0 Å². The van der Waals surface area contributed by atoms with Crippen LogP contribution in [0.3, 0.4) is 0 Å². The molecular formula is C22H23IN6O2. The zero-order valence-corrected chi connectivity index (χ0v) is 19.5. The van der Waals surface area contributed by atoms with E-state index in [4.69, 9.17) is 0 Å². The number of piperazine rings is 1. The minimum absolute atomic E-state index is 0.0961. The Morgan fingerprint density at radius 3 is 2.35 bits per heavy atom. The van der Waals surface area contributed by atoms with Gasteiger partial charge in [0, 0.05) is 41.1 Å². The Morgan fingerprint density at radius 1 is 1.00 bits per heavy atom. The molecule has 0 spiro atoms. The number of hydrogen-bond acceptors (Lipinski definition) is 7. The number of nitro groups is 1. The van der Waals surface area contributed by atoms with Crippen LogP contribution < -0.4 is 15.1 Å². The summed E-state index contributed by atoms with van der Waals surface area (Å²) in [6.45, 7) is 7.08. The maximum atomic E-state index is 11.9. The second-order valence-corrected chi connectivity index (χ2v) is 8.72. The van der Waals surface area contributed by atoms with Crippen LogP contribution in [0.25, 0.3) is 0 Å². The van der Waals surface area contributed by atoms with Crippen LogP contribution in [-0.2, 0) is 0 Å². The summed E-state index contributed by atoms with van der Waals surface area (Å²) in [6.07, 6.45) is 1.38. The molecule has 1 N–H and O–H groups in total. The van der Waals surface area contributed by atoms with Gasteiger partial charge in [0.15, 0.2) is 0 Å². The lowest BCUT2D eigenvalue weighted by molar-refractivity contribution is -0.383. The van der Waals surface area contributed by atoms with Gasteiger partial charge in [-0.3, -0.25) is 10.1 Å². The maximum absolute atomic E-state index is 11.9. The molecule has 0 bridgehead atoms. The number of aryl methyl sites for hydroxylation is 1. The summed E-state index contributed by atoms with van der Waals surface area (Å²) in [5.41, 5.74) is 4.40. The van der Waals surface area contributed by atoms with Crippen LogP contribution in [0.1, 0.15) is 11.1 Å². The van der Waals surface area contributed by atoms with Gasteiger partial charge >= 0.3 is 5.69 Å². The average Bonchev–Trinajstić information content (AvgIpc) is 2.77. The number of benzene rings is 2. The van der Waals surface area contributed by atoms with E-state index >= 15 is 0 Å². The Labute approximate surface area is 194 Å². The second-order valence-electron chi connectivity index (χ2n) is 7.48. The third-order valence-corrected chi connectivity index (χ3v) is 6.31. The summed E-state index contributed by atoms with van der Waals surface area (Å²) in [4.78, 5) is 24.3. The number of anilines is 4. The number of hydrogen-bond donors (Lipinski definition) is 1. The van der Waals surface area contributed by atoms with E-state index in [0.717, 1.165) is 22.3 Å². The largest absolute Gasteiger partial charge is 0.368 e. The molecular weight excluding hydrogens is 507 g/mol. The molecule has 160 valence electrons. The highest BCUT2D eigenvalue weighted by atomic mass is 127. The van der Waals surface area contributed by atoms with Crippen molar-refractivity contribution in [3.63, 3.8) is 0 Å². The summed E-state index contributed by atoms with van der Waals surface area (Å²) in [7, 11) is 0. The van der Waals surface area contributed by atoms with Gasteiger partial charge in [-0.1, -0.05) is 12.1 Å². The quantitative estimate of drug-likeness (QED) is 0.291. The van der Waals surface area contributed by atoms with Gasteiger partial charge in [0.2, 0.25) is 11.6 Å². The monoisotopic (exact) mass is 530 g/mol. The average molecular weight is 530 g/mol. The van der Waals surface area contributed by atoms with Crippen molar-refractivity contribution < 1.29 is 4.92 Å². The van der Waals surface area contributed by atoms with Crippen LogP contribution in [0, 0.1) is 27.5 Å². The lowest BCUT2D eigenvalue weighted by atomic mass is 10.1. The molecule has 1 aliphatic rings. The van der Waals surface area contributed by atoms with Gasteiger partial charge in [0.25, 0.3) is 0 Å².